The summed E-state index contributed by atoms with van der Waals surface area (Å²) in [6.07, 6.45) is 4.42. The van der Waals surface area contributed by atoms with Gasteiger partial charge in [-0.3, -0.25) is 14.5 Å². The second-order valence-electron chi connectivity index (χ2n) is 4.67. The third kappa shape index (κ3) is 2.16. The van der Waals surface area contributed by atoms with Crippen molar-refractivity contribution in [2.45, 2.75) is 13.8 Å². The van der Waals surface area contributed by atoms with Gasteiger partial charge in [0.25, 0.3) is 0 Å². The molecule has 0 aliphatic rings. The molecule has 112 valence electrons. The number of carbonyl (C=O) groups excluding carboxylic acids is 2. The number of amides is 1. The van der Waals surface area contributed by atoms with Crippen LogP contribution in [0.5, 0.6) is 0 Å². The van der Waals surface area contributed by atoms with E-state index in [1.807, 2.05) is 6.92 Å². The monoisotopic (exact) mass is 298 g/mol. The molecule has 22 heavy (non-hydrogen) atoms. The molecule has 0 aliphatic carbocycles. The van der Waals surface area contributed by atoms with Gasteiger partial charge in [0, 0.05) is 19.7 Å². The van der Waals surface area contributed by atoms with Crippen molar-refractivity contribution in [3.8, 4) is 0 Å². The molecule has 3 aromatic heterocycles. The van der Waals surface area contributed by atoms with E-state index in [0.717, 1.165) is 0 Å². The first-order valence-corrected chi connectivity index (χ1v) is 6.82. The number of aromatic nitrogens is 3. The summed E-state index contributed by atoms with van der Waals surface area (Å²) in [6.45, 7) is 3.84. The van der Waals surface area contributed by atoms with Crippen LogP contribution in [-0.4, -0.2) is 32.8 Å². The van der Waals surface area contributed by atoms with Gasteiger partial charge < -0.3 is 4.42 Å². The number of anilines is 1. The summed E-state index contributed by atoms with van der Waals surface area (Å²) in [5, 5.41) is 4.20. The minimum Gasteiger partial charge on any atom is -0.461 e. The van der Waals surface area contributed by atoms with E-state index < -0.39 is 0 Å². The highest BCUT2D eigenvalue weighted by atomic mass is 16.3. The summed E-state index contributed by atoms with van der Waals surface area (Å²) in [6, 6.07) is 4.92. The van der Waals surface area contributed by atoms with E-state index in [4.69, 9.17) is 4.42 Å². The topological polar surface area (TPSA) is 80.7 Å². The maximum atomic E-state index is 12.4. The molecule has 0 aliphatic heterocycles. The lowest BCUT2D eigenvalue weighted by atomic mass is 10.2. The van der Waals surface area contributed by atoms with Gasteiger partial charge >= 0.3 is 0 Å². The lowest BCUT2D eigenvalue weighted by Crippen LogP contribution is -2.30. The predicted molar refractivity (Wildman–Crippen MR) is 78.8 cm³/mol. The molecule has 3 heterocycles. The molecule has 0 spiro atoms. The lowest BCUT2D eigenvalue weighted by molar-refractivity contribution is -0.116. The van der Waals surface area contributed by atoms with Gasteiger partial charge in [0.1, 0.15) is 5.82 Å². The average Bonchev–Trinajstić information content (AvgIpc) is 3.17. The van der Waals surface area contributed by atoms with Gasteiger partial charge in [-0.15, -0.1) is 0 Å². The Morgan fingerprint density at radius 1 is 1.36 bits per heavy atom. The first-order valence-electron chi connectivity index (χ1n) is 6.82. The maximum Gasteiger partial charge on any atom is 0.233 e. The van der Waals surface area contributed by atoms with Gasteiger partial charge in [-0.1, -0.05) is 0 Å². The Balaban J connectivity index is 2.13. The second kappa shape index (κ2) is 5.44. The molecule has 7 nitrogen and oxygen atoms in total. The summed E-state index contributed by atoms with van der Waals surface area (Å²) >= 11 is 0. The minimum atomic E-state index is -0.296. The zero-order chi connectivity index (χ0) is 15.7. The lowest BCUT2D eigenvalue weighted by Gasteiger charge is -2.19. The Kier molecular flexibility index (Phi) is 3.46. The van der Waals surface area contributed by atoms with E-state index in [1.165, 1.54) is 23.9 Å². The van der Waals surface area contributed by atoms with Gasteiger partial charge in [0.05, 0.1) is 18.0 Å². The minimum absolute atomic E-state index is 0.107. The van der Waals surface area contributed by atoms with Crippen LogP contribution in [0, 0.1) is 0 Å². The highest BCUT2D eigenvalue weighted by Gasteiger charge is 2.21. The predicted octanol–water partition coefficient (Wildman–Crippen LogP) is 1.93. The molecule has 0 aromatic carbocycles. The summed E-state index contributed by atoms with van der Waals surface area (Å²) in [7, 11) is 0. The molecule has 0 bridgehead atoms. The van der Waals surface area contributed by atoms with Gasteiger partial charge in [-0.25, -0.2) is 4.98 Å². The van der Waals surface area contributed by atoms with Crippen molar-refractivity contribution >= 4 is 23.2 Å². The Labute approximate surface area is 126 Å². The van der Waals surface area contributed by atoms with E-state index in [1.54, 1.807) is 29.3 Å². The zero-order valence-electron chi connectivity index (χ0n) is 12.2. The molecule has 0 radical (unpaired) electrons. The van der Waals surface area contributed by atoms with Gasteiger partial charge in [0.15, 0.2) is 11.4 Å². The molecule has 0 saturated carbocycles. The summed E-state index contributed by atoms with van der Waals surface area (Å²) in [4.78, 5) is 29.9. The van der Waals surface area contributed by atoms with Crippen molar-refractivity contribution in [2.75, 3.05) is 11.4 Å². The number of furan rings is 1. The van der Waals surface area contributed by atoms with E-state index in [-0.39, 0.29) is 17.5 Å². The van der Waals surface area contributed by atoms with Crippen molar-refractivity contribution in [3.63, 3.8) is 0 Å². The molecule has 0 unspecified atom stereocenters. The van der Waals surface area contributed by atoms with Gasteiger partial charge in [0.2, 0.25) is 11.7 Å². The number of hydrogen-bond donors (Lipinski definition) is 0. The van der Waals surface area contributed by atoms with Crippen LogP contribution in [0.15, 0.2) is 41.3 Å². The standard InChI is InChI=1S/C15H14N4O3/c1-3-18(10(2)20)13-6-7-16-15-11(9-17-19(13)15)14(21)12-5-4-8-22-12/h4-9H,3H2,1-2H3. The molecule has 3 aromatic rings. The van der Waals surface area contributed by atoms with Gasteiger partial charge in [-0.05, 0) is 25.1 Å². The second-order valence-corrected chi connectivity index (χ2v) is 4.67. The number of carbonyl (C=O) groups is 2. The average molecular weight is 298 g/mol. The fourth-order valence-electron chi connectivity index (χ4n) is 2.33. The number of ketones is 1. The summed E-state index contributed by atoms with van der Waals surface area (Å²) in [5.74, 6) is 0.388. The van der Waals surface area contributed by atoms with Crippen LogP contribution in [-0.2, 0) is 4.79 Å². The van der Waals surface area contributed by atoms with Crippen molar-refractivity contribution in [1.29, 1.82) is 0 Å². The van der Waals surface area contributed by atoms with Crippen molar-refractivity contribution < 1.29 is 14.0 Å². The number of hydrogen-bond acceptors (Lipinski definition) is 5. The maximum absolute atomic E-state index is 12.4. The molecular weight excluding hydrogens is 284 g/mol. The fraction of sp³-hybridized carbons (Fsp3) is 0.200. The Bertz CT molecular complexity index is 836. The van der Waals surface area contributed by atoms with Crippen LogP contribution >= 0.6 is 0 Å². The van der Waals surface area contributed by atoms with Crippen LogP contribution in [0.25, 0.3) is 5.65 Å². The number of rotatable bonds is 4. The van der Waals surface area contributed by atoms with E-state index in [9.17, 15) is 9.59 Å². The van der Waals surface area contributed by atoms with E-state index in [0.29, 0.717) is 23.6 Å². The van der Waals surface area contributed by atoms with E-state index >= 15 is 0 Å². The molecule has 0 saturated heterocycles. The van der Waals surface area contributed by atoms with Crippen LogP contribution in [0.4, 0.5) is 5.82 Å². The Morgan fingerprint density at radius 2 is 2.18 bits per heavy atom. The third-order valence-corrected chi connectivity index (χ3v) is 3.34. The normalized spacial score (nSPS) is 10.8. The molecular formula is C15H14N4O3. The first kappa shape index (κ1) is 14.0. The van der Waals surface area contributed by atoms with Crippen LogP contribution in [0.2, 0.25) is 0 Å². The quantitative estimate of drug-likeness (QED) is 0.687. The summed E-state index contributed by atoms with van der Waals surface area (Å²) in [5.41, 5.74) is 0.718. The zero-order valence-corrected chi connectivity index (χ0v) is 12.2. The molecule has 0 atom stereocenters. The molecule has 3 rings (SSSR count). The van der Waals surface area contributed by atoms with Crippen LogP contribution < -0.4 is 4.90 Å². The van der Waals surface area contributed by atoms with Crippen molar-refractivity contribution in [1.82, 2.24) is 14.6 Å². The Hall–Kier alpha value is -2.96. The molecule has 1 amide bonds. The van der Waals surface area contributed by atoms with Crippen molar-refractivity contribution in [3.05, 3.63) is 48.2 Å². The molecule has 0 fully saturated rings. The smallest absolute Gasteiger partial charge is 0.233 e. The summed E-state index contributed by atoms with van der Waals surface area (Å²) < 4.78 is 6.61. The SMILES string of the molecule is CCN(C(C)=O)c1ccnc2c(C(=O)c3ccco3)cnn12. The van der Waals surface area contributed by atoms with Gasteiger partial charge in [-0.2, -0.15) is 9.61 Å². The molecule has 7 heteroatoms. The highest BCUT2D eigenvalue weighted by molar-refractivity contribution is 6.11. The Morgan fingerprint density at radius 3 is 2.82 bits per heavy atom. The number of nitrogens with zero attached hydrogens (tertiary/aromatic N) is 4. The first-order chi connectivity index (χ1) is 10.6. The molecule has 0 N–H and O–H groups in total. The largest absolute Gasteiger partial charge is 0.461 e. The van der Waals surface area contributed by atoms with Crippen LogP contribution in [0.3, 0.4) is 0 Å². The number of fused-ring (bicyclic) bond motifs is 1. The van der Waals surface area contributed by atoms with Crippen molar-refractivity contribution in [2.24, 2.45) is 0 Å². The van der Waals surface area contributed by atoms with E-state index in [2.05, 4.69) is 10.1 Å². The fourth-order valence-corrected chi connectivity index (χ4v) is 2.33. The van der Waals surface area contributed by atoms with Crippen LogP contribution in [0.1, 0.15) is 30.0 Å². The third-order valence-electron chi connectivity index (χ3n) is 3.34. The highest BCUT2D eigenvalue weighted by Crippen LogP contribution is 2.20.